The Morgan fingerprint density at radius 1 is 1.00 bits per heavy atom. The maximum absolute atomic E-state index is 13.0. The molecule has 1 aromatic carbocycles. The minimum atomic E-state index is -0.0906. The van der Waals surface area contributed by atoms with Crippen LogP contribution in [-0.2, 0) is 7.05 Å². The monoisotopic (exact) mass is 460 g/mol. The van der Waals surface area contributed by atoms with Crippen LogP contribution >= 0.6 is 0 Å². The molecule has 0 radical (unpaired) electrons. The molecule has 2 aromatic heterocycles. The number of nitrogens with zero attached hydrogens (tertiary/aromatic N) is 6. The normalized spacial score (nSPS) is 21.5. The van der Waals surface area contributed by atoms with E-state index < -0.39 is 0 Å². The first-order valence-electron chi connectivity index (χ1n) is 12.4. The van der Waals surface area contributed by atoms with E-state index in [1.165, 1.54) is 23.1 Å². The van der Waals surface area contributed by atoms with E-state index in [1.54, 1.807) is 13.4 Å². The van der Waals surface area contributed by atoms with E-state index in [-0.39, 0.29) is 18.1 Å². The maximum Gasteiger partial charge on any atom is 0.264 e. The highest BCUT2D eigenvalue weighted by molar-refractivity contribution is 5.92. The molecule has 0 unspecified atom stereocenters. The predicted molar refractivity (Wildman–Crippen MR) is 134 cm³/mol. The number of aliphatic hydroxyl groups excluding tert-OH is 1. The van der Waals surface area contributed by atoms with Gasteiger partial charge in [-0.15, -0.1) is 0 Å². The van der Waals surface area contributed by atoms with Gasteiger partial charge in [-0.05, 0) is 37.5 Å². The number of anilines is 2. The van der Waals surface area contributed by atoms with Crippen LogP contribution in [0.1, 0.15) is 19.3 Å². The molecule has 0 amide bonds. The number of aryl methyl sites for hydroxylation is 1. The van der Waals surface area contributed by atoms with Crippen molar-refractivity contribution in [3.8, 4) is 11.3 Å². The fourth-order valence-electron chi connectivity index (χ4n) is 5.38. The van der Waals surface area contributed by atoms with Crippen molar-refractivity contribution in [3.63, 3.8) is 0 Å². The van der Waals surface area contributed by atoms with Crippen molar-refractivity contribution in [3.05, 3.63) is 47.0 Å². The average molecular weight is 461 g/mol. The number of aliphatic hydroxyl groups is 1. The summed E-state index contributed by atoms with van der Waals surface area (Å²) in [4.78, 5) is 29.7. The van der Waals surface area contributed by atoms with Gasteiger partial charge in [0.15, 0.2) is 0 Å². The van der Waals surface area contributed by atoms with Gasteiger partial charge in [-0.2, -0.15) is 0 Å². The topological polar surface area (TPSA) is 77.7 Å². The fourth-order valence-corrected chi connectivity index (χ4v) is 5.38. The highest BCUT2D eigenvalue weighted by atomic mass is 16.3. The molecule has 4 heterocycles. The van der Waals surface area contributed by atoms with Crippen molar-refractivity contribution >= 4 is 22.4 Å². The molecule has 3 fully saturated rings. The van der Waals surface area contributed by atoms with Crippen molar-refractivity contribution in [2.75, 3.05) is 55.7 Å². The third kappa shape index (κ3) is 3.95. The standard InChI is InChI=1S/C26H32N6O2/c1-29-17-27-23-14-22(28-25(24(23)26(29)34)32-9-8-18(15-32)16-33)19-2-4-20(5-3-19)30-10-12-31(13-11-30)21-6-7-21/h2-5,14,17-18,21,33H,6-13,15-16H2,1H3/t18-/m0/s1. The van der Waals surface area contributed by atoms with Crippen LogP contribution in [0.4, 0.5) is 11.5 Å². The van der Waals surface area contributed by atoms with E-state index in [1.807, 2.05) is 6.07 Å². The Kier molecular flexibility index (Phi) is 5.50. The Morgan fingerprint density at radius 2 is 1.76 bits per heavy atom. The third-order valence-electron chi connectivity index (χ3n) is 7.63. The van der Waals surface area contributed by atoms with Gasteiger partial charge in [0.25, 0.3) is 5.56 Å². The number of hydrogen-bond donors (Lipinski definition) is 1. The number of hydrogen-bond acceptors (Lipinski definition) is 7. The van der Waals surface area contributed by atoms with Gasteiger partial charge < -0.3 is 19.5 Å². The number of aromatic nitrogens is 3. The molecule has 34 heavy (non-hydrogen) atoms. The SMILES string of the molecule is Cn1cnc2cc(-c3ccc(N4CCN(C5CC5)CC4)cc3)nc(N3CC[C@H](CO)C3)c2c1=O. The molecule has 3 aliphatic rings. The molecule has 1 N–H and O–H groups in total. The van der Waals surface area contributed by atoms with Gasteiger partial charge in [-0.3, -0.25) is 9.69 Å². The van der Waals surface area contributed by atoms with Crippen molar-refractivity contribution in [1.82, 2.24) is 19.4 Å². The average Bonchev–Trinajstić information content (AvgIpc) is 3.62. The lowest BCUT2D eigenvalue weighted by molar-refractivity contribution is 0.238. The second-order valence-electron chi connectivity index (χ2n) is 9.97. The first-order chi connectivity index (χ1) is 16.6. The molecule has 3 aromatic rings. The molecule has 1 atom stereocenters. The maximum atomic E-state index is 13.0. The Labute approximate surface area is 199 Å². The molecular formula is C26H32N6O2. The summed E-state index contributed by atoms with van der Waals surface area (Å²) in [7, 11) is 1.72. The third-order valence-corrected chi connectivity index (χ3v) is 7.63. The highest BCUT2D eigenvalue weighted by Crippen LogP contribution is 2.32. The van der Waals surface area contributed by atoms with Crippen LogP contribution in [-0.4, -0.2) is 76.5 Å². The van der Waals surface area contributed by atoms with Crippen LogP contribution < -0.4 is 15.4 Å². The summed E-state index contributed by atoms with van der Waals surface area (Å²) >= 11 is 0. The van der Waals surface area contributed by atoms with Crippen molar-refractivity contribution in [2.45, 2.75) is 25.3 Å². The largest absolute Gasteiger partial charge is 0.396 e. The Bertz CT molecular complexity index is 1240. The van der Waals surface area contributed by atoms with Gasteiger partial charge in [-0.1, -0.05) is 12.1 Å². The zero-order chi connectivity index (χ0) is 23.2. The predicted octanol–water partition coefficient (Wildman–Crippen LogP) is 2.10. The molecule has 178 valence electrons. The van der Waals surface area contributed by atoms with Crippen molar-refractivity contribution in [1.29, 1.82) is 0 Å². The van der Waals surface area contributed by atoms with Crippen LogP contribution in [0.5, 0.6) is 0 Å². The summed E-state index contributed by atoms with van der Waals surface area (Å²) in [6, 6.07) is 11.4. The minimum absolute atomic E-state index is 0.0906. The van der Waals surface area contributed by atoms with Gasteiger partial charge in [-0.25, -0.2) is 9.97 Å². The van der Waals surface area contributed by atoms with E-state index >= 15 is 0 Å². The van der Waals surface area contributed by atoms with E-state index in [0.717, 1.165) is 56.4 Å². The molecular weight excluding hydrogens is 428 g/mol. The molecule has 2 aliphatic heterocycles. The first-order valence-corrected chi connectivity index (χ1v) is 12.4. The van der Waals surface area contributed by atoms with Crippen LogP contribution in [0.3, 0.4) is 0 Å². The lowest BCUT2D eigenvalue weighted by atomic mass is 10.1. The zero-order valence-electron chi connectivity index (χ0n) is 19.7. The molecule has 1 saturated carbocycles. The summed E-state index contributed by atoms with van der Waals surface area (Å²) in [6.45, 7) is 6.07. The lowest BCUT2D eigenvalue weighted by Crippen LogP contribution is -2.47. The van der Waals surface area contributed by atoms with E-state index in [0.29, 0.717) is 23.3 Å². The number of pyridine rings is 1. The molecule has 6 rings (SSSR count). The summed E-state index contributed by atoms with van der Waals surface area (Å²) in [6.07, 6.45) is 5.21. The molecule has 1 aliphatic carbocycles. The number of benzene rings is 1. The van der Waals surface area contributed by atoms with Gasteiger partial charge in [0, 0.05) is 76.1 Å². The number of rotatable bonds is 5. The molecule has 2 saturated heterocycles. The molecule has 8 heteroatoms. The van der Waals surface area contributed by atoms with Crippen LogP contribution in [0.15, 0.2) is 41.5 Å². The Balaban J connectivity index is 1.31. The summed E-state index contributed by atoms with van der Waals surface area (Å²) < 4.78 is 1.50. The highest BCUT2D eigenvalue weighted by Gasteiger charge is 2.31. The molecule has 0 bridgehead atoms. The molecule has 8 nitrogen and oxygen atoms in total. The second-order valence-corrected chi connectivity index (χ2v) is 9.97. The quantitative estimate of drug-likeness (QED) is 0.625. The zero-order valence-corrected chi connectivity index (χ0v) is 19.7. The number of fused-ring (bicyclic) bond motifs is 1. The fraction of sp³-hybridized carbons (Fsp3) is 0.500. The van der Waals surface area contributed by atoms with E-state index in [4.69, 9.17) is 4.98 Å². The van der Waals surface area contributed by atoms with Gasteiger partial charge in [0.2, 0.25) is 0 Å². The van der Waals surface area contributed by atoms with Crippen LogP contribution in [0.25, 0.3) is 22.2 Å². The lowest BCUT2D eigenvalue weighted by Gasteiger charge is -2.36. The van der Waals surface area contributed by atoms with Crippen molar-refractivity contribution in [2.24, 2.45) is 13.0 Å². The smallest absolute Gasteiger partial charge is 0.264 e. The summed E-state index contributed by atoms with van der Waals surface area (Å²) in [5.41, 5.74) is 3.66. The van der Waals surface area contributed by atoms with Gasteiger partial charge >= 0.3 is 0 Å². The Morgan fingerprint density at radius 3 is 2.44 bits per heavy atom. The summed E-state index contributed by atoms with van der Waals surface area (Å²) in [5.74, 6) is 0.887. The van der Waals surface area contributed by atoms with Crippen molar-refractivity contribution < 1.29 is 5.11 Å². The van der Waals surface area contributed by atoms with E-state index in [2.05, 4.69) is 43.9 Å². The van der Waals surface area contributed by atoms with Gasteiger partial charge in [0.05, 0.1) is 17.5 Å². The summed E-state index contributed by atoms with van der Waals surface area (Å²) in [5, 5.41) is 10.2. The minimum Gasteiger partial charge on any atom is -0.396 e. The Hall–Kier alpha value is -2.97. The van der Waals surface area contributed by atoms with Crippen LogP contribution in [0, 0.1) is 5.92 Å². The van der Waals surface area contributed by atoms with Crippen LogP contribution in [0.2, 0.25) is 0 Å². The first kappa shape index (κ1) is 21.6. The number of piperazine rings is 1. The second kappa shape index (κ2) is 8.67. The van der Waals surface area contributed by atoms with Gasteiger partial charge in [0.1, 0.15) is 11.2 Å². The van der Waals surface area contributed by atoms with E-state index in [9.17, 15) is 9.90 Å². The molecule has 0 spiro atoms.